The summed E-state index contributed by atoms with van der Waals surface area (Å²) in [7, 11) is 0. The maximum absolute atomic E-state index is 12.0. The van der Waals surface area contributed by atoms with E-state index in [4.69, 9.17) is 4.74 Å². The Morgan fingerprint density at radius 2 is 2.08 bits per heavy atom. The van der Waals surface area contributed by atoms with Crippen LogP contribution in [-0.4, -0.2) is 29.8 Å². The largest absolute Gasteiger partial charge is 0.494 e. The highest BCUT2D eigenvalue weighted by Gasteiger charge is 2.13. The molecule has 0 aliphatic rings. The summed E-state index contributed by atoms with van der Waals surface area (Å²) >= 11 is 1.46. The molecule has 0 aliphatic carbocycles. The fourth-order valence-corrected chi connectivity index (χ4v) is 3.26. The number of ether oxygens (including phenoxy) is 1. The summed E-state index contributed by atoms with van der Waals surface area (Å²) in [6.07, 6.45) is 0.843. The highest BCUT2D eigenvalue weighted by Crippen LogP contribution is 2.20. The minimum atomic E-state index is 0.0305. The second kappa shape index (κ2) is 8.58. The Balaban J connectivity index is 1.47. The summed E-state index contributed by atoms with van der Waals surface area (Å²) < 4.78 is 5.50. The van der Waals surface area contributed by atoms with Crippen LogP contribution >= 0.6 is 11.8 Å². The molecule has 3 N–H and O–H groups in total. The van der Waals surface area contributed by atoms with Crippen LogP contribution in [-0.2, 0) is 11.2 Å². The van der Waals surface area contributed by atoms with Gasteiger partial charge in [0.2, 0.25) is 5.91 Å². The fourth-order valence-electron chi connectivity index (χ4n) is 2.52. The third-order valence-electron chi connectivity index (χ3n) is 3.72. The molecule has 0 saturated carbocycles. The first-order chi connectivity index (χ1) is 12.2. The van der Waals surface area contributed by atoms with Gasteiger partial charge in [0.25, 0.3) is 0 Å². The van der Waals surface area contributed by atoms with E-state index in [2.05, 4.69) is 27.4 Å². The van der Waals surface area contributed by atoms with E-state index < -0.39 is 0 Å². The average molecular weight is 356 g/mol. The Bertz CT molecular complexity index is 833. The normalized spacial score (nSPS) is 10.8. The van der Waals surface area contributed by atoms with E-state index >= 15 is 0 Å². The van der Waals surface area contributed by atoms with Crippen molar-refractivity contribution < 1.29 is 14.5 Å². The smallest absolute Gasteiger partial charge is 0.315 e. The van der Waals surface area contributed by atoms with E-state index in [1.165, 1.54) is 17.3 Å². The topological polar surface area (TPSA) is 68.3 Å². The third kappa shape index (κ3) is 5.00. The number of hydrogen-bond acceptors (Lipinski definition) is 3. The molecule has 0 bridgehead atoms. The average Bonchev–Trinajstić information content (AvgIpc) is 3.03. The quantitative estimate of drug-likeness (QED) is 0.610. The van der Waals surface area contributed by atoms with Crippen LogP contribution in [0.4, 0.5) is 0 Å². The molecule has 0 atom stereocenters. The molecule has 0 spiro atoms. The number of thioether (sulfide) groups is 1. The van der Waals surface area contributed by atoms with E-state index in [1.807, 2.05) is 43.3 Å². The zero-order valence-corrected chi connectivity index (χ0v) is 15.0. The molecule has 3 rings (SSSR count). The van der Waals surface area contributed by atoms with Gasteiger partial charge in [-0.1, -0.05) is 30.3 Å². The Labute approximate surface area is 151 Å². The summed E-state index contributed by atoms with van der Waals surface area (Å²) in [5, 5.41) is 3.82. The zero-order valence-electron chi connectivity index (χ0n) is 14.2. The van der Waals surface area contributed by atoms with Crippen molar-refractivity contribution in [1.82, 2.24) is 10.3 Å². The number of carbonyl (C=O) groups excluding carboxylic acids is 1. The number of H-pyrrole nitrogens is 2. The van der Waals surface area contributed by atoms with Crippen LogP contribution < -0.4 is 15.0 Å². The lowest BCUT2D eigenvalue weighted by Crippen LogP contribution is -2.27. The minimum absolute atomic E-state index is 0.0305. The lowest BCUT2D eigenvalue weighted by Gasteiger charge is -2.03. The van der Waals surface area contributed by atoms with Gasteiger partial charge in [-0.05, 0) is 42.8 Å². The predicted molar refractivity (Wildman–Crippen MR) is 99.9 cm³/mol. The SMILES string of the molecule is CCOc1ccc2[nH+]c(SCC(=O)NCCc3ccccc3)[nH]c2c1. The Hall–Kier alpha value is -2.47. The molecule has 0 saturated heterocycles. The first kappa shape index (κ1) is 17.4. The van der Waals surface area contributed by atoms with Crippen molar-refractivity contribution in [3.8, 4) is 5.75 Å². The molecule has 3 aromatic rings. The molecule has 1 aromatic heterocycles. The molecule has 2 aromatic carbocycles. The van der Waals surface area contributed by atoms with Gasteiger partial charge >= 0.3 is 5.16 Å². The Kier molecular flexibility index (Phi) is 5.95. The molecular weight excluding hydrogens is 334 g/mol. The number of fused-ring (bicyclic) bond motifs is 1. The highest BCUT2D eigenvalue weighted by molar-refractivity contribution is 7.99. The second-order valence-corrected chi connectivity index (χ2v) is 6.58. The van der Waals surface area contributed by atoms with Gasteiger partial charge in [0, 0.05) is 12.6 Å². The summed E-state index contributed by atoms with van der Waals surface area (Å²) in [5.74, 6) is 1.24. The van der Waals surface area contributed by atoms with E-state index in [0.29, 0.717) is 18.9 Å². The van der Waals surface area contributed by atoms with E-state index in [0.717, 1.165) is 28.4 Å². The lowest BCUT2D eigenvalue weighted by molar-refractivity contribution is -0.396. The van der Waals surface area contributed by atoms with Gasteiger partial charge in [0.1, 0.15) is 5.75 Å². The number of aromatic nitrogens is 2. The molecule has 0 radical (unpaired) electrons. The maximum atomic E-state index is 12.0. The summed E-state index contributed by atoms with van der Waals surface area (Å²) in [6.45, 7) is 3.25. The van der Waals surface area contributed by atoms with Gasteiger partial charge < -0.3 is 10.1 Å². The number of amides is 1. The number of benzene rings is 2. The van der Waals surface area contributed by atoms with Gasteiger partial charge in [-0.25, -0.2) is 9.97 Å². The monoisotopic (exact) mass is 356 g/mol. The van der Waals surface area contributed by atoms with Crippen molar-refractivity contribution in [2.24, 2.45) is 0 Å². The molecule has 1 heterocycles. The number of carbonyl (C=O) groups is 1. The van der Waals surface area contributed by atoms with Gasteiger partial charge in [-0.3, -0.25) is 4.79 Å². The number of imidazole rings is 1. The van der Waals surface area contributed by atoms with Crippen molar-refractivity contribution in [2.45, 2.75) is 18.5 Å². The molecule has 5 nitrogen and oxygen atoms in total. The maximum Gasteiger partial charge on any atom is 0.315 e. The summed E-state index contributed by atoms with van der Waals surface area (Å²) in [4.78, 5) is 18.5. The van der Waals surface area contributed by atoms with Gasteiger partial charge in [0.15, 0.2) is 11.0 Å². The summed E-state index contributed by atoms with van der Waals surface area (Å²) in [5.41, 5.74) is 3.19. The van der Waals surface area contributed by atoms with Crippen molar-refractivity contribution in [1.29, 1.82) is 0 Å². The van der Waals surface area contributed by atoms with E-state index in [9.17, 15) is 4.79 Å². The van der Waals surface area contributed by atoms with Gasteiger partial charge in [-0.15, -0.1) is 0 Å². The van der Waals surface area contributed by atoms with Crippen molar-refractivity contribution in [2.75, 3.05) is 18.9 Å². The van der Waals surface area contributed by atoms with Crippen LogP contribution in [0.5, 0.6) is 5.75 Å². The van der Waals surface area contributed by atoms with Crippen LogP contribution in [0.25, 0.3) is 11.0 Å². The molecule has 1 amide bonds. The third-order valence-corrected chi connectivity index (χ3v) is 4.62. The molecule has 0 aliphatic heterocycles. The standard InChI is InChI=1S/C19H21N3O2S/c1-2-24-15-8-9-16-17(12-15)22-19(21-16)25-13-18(23)20-11-10-14-6-4-3-5-7-14/h3-9,12H,2,10-11,13H2,1H3,(H,20,23)(H,21,22)/p+1. The number of rotatable bonds is 8. The van der Waals surface area contributed by atoms with Crippen molar-refractivity contribution in [3.63, 3.8) is 0 Å². The molecule has 130 valence electrons. The van der Waals surface area contributed by atoms with Crippen LogP contribution in [0.3, 0.4) is 0 Å². The van der Waals surface area contributed by atoms with Gasteiger partial charge in [0.05, 0.1) is 12.4 Å². The lowest BCUT2D eigenvalue weighted by atomic mass is 10.1. The van der Waals surface area contributed by atoms with Crippen LogP contribution in [0.1, 0.15) is 12.5 Å². The Morgan fingerprint density at radius 3 is 2.88 bits per heavy atom. The minimum Gasteiger partial charge on any atom is -0.494 e. The first-order valence-electron chi connectivity index (χ1n) is 8.36. The van der Waals surface area contributed by atoms with E-state index in [1.54, 1.807) is 0 Å². The van der Waals surface area contributed by atoms with Crippen molar-refractivity contribution >= 4 is 28.7 Å². The first-order valence-corrected chi connectivity index (χ1v) is 9.34. The number of nitrogens with one attached hydrogen (secondary N) is 3. The van der Waals surface area contributed by atoms with Crippen molar-refractivity contribution in [3.05, 3.63) is 54.1 Å². The molecular formula is C19H22N3O2S+. The molecule has 0 fully saturated rings. The summed E-state index contributed by atoms with van der Waals surface area (Å²) in [6, 6.07) is 16.0. The number of aromatic amines is 2. The highest BCUT2D eigenvalue weighted by atomic mass is 32.2. The predicted octanol–water partition coefficient (Wildman–Crippen LogP) is 2.83. The van der Waals surface area contributed by atoms with E-state index in [-0.39, 0.29) is 5.91 Å². The molecule has 0 unspecified atom stereocenters. The second-order valence-electron chi connectivity index (χ2n) is 5.59. The number of hydrogen-bond donors (Lipinski definition) is 2. The van der Waals surface area contributed by atoms with Crippen LogP contribution in [0, 0.1) is 0 Å². The Morgan fingerprint density at radius 1 is 1.24 bits per heavy atom. The van der Waals surface area contributed by atoms with Gasteiger partial charge in [-0.2, -0.15) is 0 Å². The van der Waals surface area contributed by atoms with Crippen LogP contribution in [0.15, 0.2) is 53.7 Å². The van der Waals surface area contributed by atoms with Crippen LogP contribution in [0.2, 0.25) is 0 Å². The fraction of sp³-hybridized carbons (Fsp3) is 0.263. The zero-order chi connectivity index (χ0) is 17.5. The molecule has 25 heavy (non-hydrogen) atoms. The molecule has 6 heteroatoms.